The average Bonchev–Trinajstić information content (AvgIpc) is 2.41. The lowest BCUT2D eigenvalue weighted by atomic mass is 9.84. The van der Waals surface area contributed by atoms with Crippen LogP contribution in [0.3, 0.4) is 0 Å². The summed E-state index contributed by atoms with van der Waals surface area (Å²) in [4.78, 5) is 24.0. The molecule has 0 N–H and O–H groups in total. The molecule has 0 radical (unpaired) electrons. The standard InChI is InChI=1S/C18H28N2O3/c1-12(2)17-16(13-7-5-6-8-14(21)10-9-13)19-20-18(3,4)11-15(22)23-17/h5,7,12-13,16-17H,6,8-11H2,1-4H3/b7-5-,20-19-. The molecule has 0 amide bonds. The van der Waals surface area contributed by atoms with Gasteiger partial charge in [0, 0.05) is 18.8 Å². The van der Waals surface area contributed by atoms with Crippen LogP contribution in [0.4, 0.5) is 0 Å². The van der Waals surface area contributed by atoms with Crippen LogP contribution < -0.4 is 0 Å². The normalized spacial score (nSPS) is 34.7. The van der Waals surface area contributed by atoms with Crippen LogP contribution in [0.15, 0.2) is 22.4 Å². The van der Waals surface area contributed by atoms with Gasteiger partial charge in [-0.1, -0.05) is 26.0 Å². The van der Waals surface area contributed by atoms with E-state index in [0.717, 1.165) is 12.8 Å². The SMILES string of the molecule is CC(C)C1OC(=O)CC(C)(C)/N=N\C1C1/C=C\CCC(=O)CC1. The third-order valence-electron chi connectivity index (χ3n) is 4.47. The molecular weight excluding hydrogens is 292 g/mol. The van der Waals surface area contributed by atoms with Crippen LogP contribution >= 0.6 is 0 Å². The van der Waals surface area contributed by atoms with Gasteiger partial charge >= 0.3 is 5.97 Å². The van der Waals surface area contributed by atoms with Crippen molar-refractivity contribution < 1.29 is 14.3 Å². The lowest BCUT2D eigenvalue weighted by Crippen LogP contribution is -2.42. The van der Waals surface area contributed by atoms with Crippen molar-refractivity contribution in [2.75, 3.05) is 0 Å². The number of allylic oxidation sites excluding steroid dienone is 1. The van der Waals surface area contributed by atoms with Gasteiger partial charge in [0.05, 0.1) is 12.0 Å². The third kappa shape index (κ3) is 4.98. The van der Waals surface area contributed by atoms with Crippen LogP contribution in [-0.2, 0) is 14.3 Å². The van der Waals surface area contributed by atoms with Crippen LogP contribution in [0.1, 0.15) is 59.8 Å². The summed E-state index contributed by atoms with van der Waals surface area (Å²) < 4.78 is 5.74. The Kier molecular flexibility index (Phi) is 5.71. The Morgan fingerprint density at radius 3 is 2.70 bits per heavy atom. The lowest BCUT2D eigenvalue weighted by Gasteiger charge is -2.34. The molecule has 5 heteroatoms. The molecule has 5 nitrogen and oxygen atoms in total. The maximum atomic E-state index is 12.2. The molecule has 1 aliphatic heterocycles. The second-order valence-electron chi connectivity index (χ2n) is 7.60. The fraction of sp³-hybridized carbons (Fsp3) is 0.778. The number of carbonyl (C=O) groups excluding carboxylic acids is 2. The largest absolute Gasteiger partial charge is 0.460 e. The summed E-state index contributed by atoms with van der Waals surface area (Å²) in [5.41, 5.74) is -0.543. The van der Waals surface area contributed by atoms with Gasteiger partial charge in [-0.25, -0.2) is 0 Å². The summed E-state index contributed by atoms with van der Waals surface area (Å²) >= 11 is 0. The predicted molar refractivity (Wildman–Crippen MR) is 88.2 cm³/mol. The Morgan fingerprint density at radius 1 is 1.26 bits per heavy atom. The molecule has 128 valence electrons. The van der Waals surface area contributed by atoms with E-state index in [1.54, 1.807) is 0 Å². The lowest BCUT2D eigenvalue weighted by molar-refractivity contribution is -0.155. The van der Waals surface area contributed by atoms with Crippen molar-refractivity contribution in [2.24, 2.45) is 22.1 Å². The number of ketones is 1. The molecule has 0 fully saturated rings. The molecule has 0 saturated heterocycles. The maximum Gasteiger partial charge on any atom is 0.308 e. The summed E-state index contributed by atoms with van der Waals surface area (Å²) in [7, 11) is 0. The van der Waals surface area contributed by atoms with Crippen LogP contribution in [0.25, 0.3) is 0 Å². The molecule has 0 aromatic rings. The van der Waals surface area contributed by atoms with Crippen molar-refractivity contribution in [3.63, 3.8) is 0 Å². The second-order valence-corrected chi connectivity index (χ2v) is 7.60. The van der Waals surface area contributed by atoms with Crippen LogP contribution in [0, 0.1) is 11.8 Å². The second kappa shape index (κ2) is 7.37. The fourth-order valence-electron chi connectivity index (χ4n) is 3.15. The van der Waals surface area contributed by atoms with Gasteiger partial charge < -0.3 is 4.74 Å². The molecule has 2 aliphatic rings. The zero-order valence-electron chi connectivity index (χ0n) is 14.6. The molecule has 2 rings (SSSR count). The first-order valence-corrected chi connectivity index (χ1v) is 8.58. The first kappa shape index (κ1) is 17.8. The van der Waals surface area contributed by atoms with E-state index in [2.05, 4.69) is 22.4 Å². The monoisotopic (exact) mass is 320 g/mol. The maximum absolute atomic E-state index is 12.2. The third-order valence-corrected chi connectivity index (χ3v) is 4.47. The van der Waals surface area contributed by atoms with E-state index >= 15 is 0 Å². The zero-order valence-corrected chi connectivity index (χ0v) is 14.6. The average molecular weight is 320 g/mol. The highest BCUT2D eigenvalue weighted by atomic mass is 16.5. The van der Waals surface area contributed by atoms with E-state index in [1.165, 1.54) is 0 Å². The van der Waals surface area contributed by atoms with Crippen LogP contribution in [0.5, 0.6) is 0 Å². The number of Topliss-reactive ketones (excluding diaryl/α,β-unsaturated/α-hetero) is 1. The number of hydrogen-bond acceptors (Lipinski definition) is 5. The Hall–Kier alpha value is -1.52. The minimum absolute atomic E-state index is 0.0806. The number of carbonyl (C=O) groups is 2. The molecule has 3 atom stereocenters. The Labute approximate surface area is 138 Å². The van der Waals surface area contributed by atoms with E-state index in [-0.39, 0.29) is 36.4 Å². The molecule has 3 unspecified atom stereocenters. The predicted octanol–water partition coefficient (Wildman–Crippen LogP) is 3.87. The van der Waals surface area contributed by atoms with Gasteiger partial charge in [-0.2, -0.15) is 10.2 Å². The molecule has 0 spiro atoms. The highest BCUT2D eigenvalue weighted by Crippen LogP contribution is 2.31. The number of nitrogens with zero attached hydrogens (tertiary/aromatic N) is 2. The van der Waals surface area contributed by atoms with Crippen molar-refractivity contribution in [2.45, 2.75) is 77.5 Å². The van der Waals surface area contributed by atoms with Crippen LogP contribution in [0.2, 0.25) is 0 Å². The first-order valence-electron chi connectivity index (χ1n) is 8.58. The molecule has 1 heterocycles. The van der Waals surface area contributed by atoms with E-state index in [4.69, 9.17) is 4.74 Å². The van der Waals surface area contributed by atoms with E-state index in [0.29, 0.717) is 18.6 Å². The summed E-state index contributed by atoms with van der Waals surface area (Å²) in [6.45, 7) is 7.85. The van der Waals surface area contributed by atoms with Crippen molar-refractivity contribution >= 4 is 11.8 Å². The quantitative estimate of drug-likeness (QED) is 0.573. The van der Waals surface area contributed by atoms with Gasteiger partial charge in [-0.15, -0.1) is 0 Å². The van der Waals surface area contributed by atoms with E-state index < -0.39 is 5.54 Å². The smallest absolute Gasteiger partial charge is 0.308 e. The van der Waals surface area contributed by atoms with Crippen molar-refractivity contribution in [3.05, 3.63) is 12.2 Å². The molecule has 0 aromatic heterocycles. The molecule has 0 aromatic carbocycles. The summed E-state index contributed by atoms with van der Waals surface area (Å²) in [6.07, 6.45) is 6.82. The summed E-state index contributed by atoms with van der Waals surface area (Å²) in [5, 5.41) is 9.01. The van der Waals surface area contributed by atoms with Gasteiger partial charge in [0.15, 0.2) is 0 Å². The topological polar surface area (TPSA) is 68.1 Å². The Balaban J connectivity index is 2.31. The number of esters is 1. The molecule has 0 bridgehead atoms. The number of ether oxygens (including phenoxy) is 1. The van der Waals surface area contributed by atoms with Gasteiger partial charge in [0.1, 0.15) is 17.9 Å². The van der Waals surface area contributed by atoms with E-state index in [1.807, 2.05) is 27.7 Å². The van der Waals surface area contributed by atoms with Crippen LogP contribution in [-0.4, -0.2) is 29.4 Å². The zero-order chi connectivity index (χ0) is 17.0. The number of cyclic esters (lactones) is 1. The number of azo groups is 1. The van der Waals surface area contributed by atoms with Gasteiger partial charge in [-0.05, 0) is 32.6 Å². The van der Waals surface area contributed by atoms with Crippen molar-refractivity contribution in [3.8, 4) is 0 Å². The minimum Gasteiger partial charge on any atom is -0.460 e. The van der Waals surface area contributed by atoms with E-state index in [9.17, 15) is 9.59 Å². The summed E-state index contributed by atoms with van der Waals surface area (Å²) in [6, 6.07) is -0.222. The first-order chi connectivity index (χ1) is 10.8. The van der Waals surface area contributed by atoms with Gasteiger partial charge in [0.2, 0.25) is 0 Å². The molecule has 1 aliphatic carbocycles. The summed E-state index contributed by atoms with van der Waals surface area (Å²) in [5.74, 6) is 0.305. The number of rotatable bonds is 2. The van der Waals surface area contributed by atoms with Crippen molar-refractivity contribution in [1.82, 2.24) is 0 Å². The molecule has 0 saturated carbocycles. The van der Waals surface area contributed by atoms with Gasteiger partial charge in [0.25, 0.3) is 0 Å². The van der Waals surface area contributed by atoms with Crippen molar-refractivity contribution in [1.29, 1.82) is 0 Å². The molecule has 23 heavy (non-hydrogen) atoms. The Morgan fingerprint density at radius 2 is 2.00 bits per heavy atom. The minimum atomic E-state index is -0.543. The highest BCUT2D eigenvalue weighted by Gasteiger charge is 2.37. The fourth-order valence-corrected chi connectivity index (χ4v) is 3.15. The number of hydrogen-bond donors (Lipinski definition) is 0. The highest BCUT2D eigenvalue weighted by molar-refractivity contribution is 5.78. The molecular formula is C18H28N2O3. The Bertz CT molecular complexity index is 508. The van der Waals surface area contributed by atoms with Gasteiger partial charge in [-0.3, -0.25) is 9.59 Å².